The van der Waals surface area contributed by atoms with Crippen molar-refractivity contribution in [3.05, 3.63) is 46.8 Å². The number of rotatable bonds is 6. The second-order valence-electron chi connectivity index (χ2n) is 4.67. The largest absolute Gasteiger partial charge is 0.485 e. The summed E-state index contributed by atoms with van der Waals surface area (Å²) in [7, 11) is 0. The van der Waals surface area contributed by atoms with E-state index in [1.54, 1.807) is 12.3 Å². The minimum atomic E-state index is 0.373. The van der Waals surface area contributed by atoms with Gasteiger partial charge in [0.1, 0.15) is 12.4 Å². The van der Waals surface area contributed by atoms with E-state index in [9.17, 15) is 0 Å². The number of aromatic nitrogens is 1. The van der Waals surface area contributed by atoms with E-state index in [1.165, 1.54) is 12.8 Å². The zero-order valence-electron chi connectivity index (χ0n) is 10.4. The minimum Gasteiger partial charge on any atom is -0.485 e. The van der Waals surface area contributed by atoms with Crippen molar-refractivity contribution in [2.75, 3.05) is 0 Å². The maximum atomic E-state index is 6.04. The Hall–Kier alpha value is -1.52. The molecule has 1 heterocycles. The van der Waals surface area contributed by atoms with E-state index in [2.05, 4.69) is 10.5 Å². The number of nitrogens with zero attached hydrogens (tertiary/aromatic N) is 1. The molecule has 5 heteroatoms. The van der Waals surface area contributed by atoms with E-state index in [4.69, 9.17) is 20.9 Å². The SMILES string of the molecule is Clc1ccc(OCc2ccno2)c(CNC2CC2)c1. The summed E-state index contributed by atoms with van der Waals surface area (Å²) in [5, 5.41) is 7.83. The smallest absolute Gasteiger partial charge is 0.174 e. The van der Waals surface area contributed by atoms with Crippen LogP contribution in [-0.2, 0) is 13.2 Å². The molecule has 0 unspecified atom stereocenters. The fourth-order valence-electron chi connectivity index (χ4n) is 1.83. The molecule has 1 aliphatic rings. The average molecular weight is 279 g/mol. The quantitative estimate of drug-likeness (QED) is 0.882. The van der Waals surface area contributed by atoms with Gasteiger partial charge in [0.25, 0.3) is 0 Å². The summed E-state index contributed by atoms with van der Waals surface area (Å²) >= 11 is 6.04. The molecular formula is C14H15ClN2O2. The van der Waals surface area contributed by atoms with Gasteiger partial charge in [-0.1, -0.05) is 16.8 Å². The lowest BCUT2D eigenvalue weighted by Gasteiger charge is -2.11. The monoisotopic (exact) mass is 278 g/mol. The molecule has 2 aromatic rings. The van der Waals surface area contributed by atoms with Gasteiger partial charge in [-0.05, 0) is 31.0 Å². The third-order valence-electron chi connectivity index (χ3n) is 3.04. The third-order valence-corrected chi connectivity index (χ3v) is 3.28. The standard InChI is InChI=1S/C14H15ClN2O2/c15-11-1-4-14(18-9-13-5-6-17-19-13)10(7-11)8-16-12-2-3-12/h1,4-7,12,16H,2-3,8-9H2. The Balaban J connectivity index is 1.67. The van der Waals surface area contributed by atoms with Gasteiger partial charge < -0.3 is 14.6 Å². The van der Waals surface area contributed by atoms with Crippen LogP contribution in [0.5, 0.6) is 5.75 Å². The lowest BCUT2D eigenvalue weighted by atomic mass is 10.2. The Morgan fingerprint density at radius 2 is 2.26 bits per heavy atom. The van der Waals surface area contributed by atoms with Gasteiger partial charge in [-0.25, -0.2) is 0 Å². The maximum Gasteiger partial charge on any atom is 0.174 e. The van der Waals surface area contributed by atoms with Crippen molar-refractivity contribution in [2.24, 2.45) is 0 Å². The fraction of sp³-hybridized carbons (Fsp3) is 0.357. The molecule has 19 heavy (non-hydrogen) atoms. The molecule has 1 saturated carbocycles. The second kappa shape index (κ2) is 5.63. The average Bonchev–Trinajstić information content (AvgIpc) is 3.10. The van der Waals surface area contributed by atoms with Crippen molar-refractivity contribution in [3.63, 3.8) is 0 Å². The van der Waals surface area contributed by atoms with Crippen molar-refractivity contribution < 1.29 is 9.26 Å². The first-order valence-electron chi connectivity index (χ1n) is 6.35. The van der Waals surface area contributed by atoms with Crippen LogP contribution in [0.4, 0.5) is 0 Å². The molecule has 4 nitrogen and oxygen atoms in total. The van der Waals surface area contributed by atoms with Gasteiger partial charge in [-0.2, -0.15) is 0 Å². The van der Waals surface area contributed by atoms with E-state index in [1.807, 2.05) is 18.2 Å². The molecule has 1 aromatic carbocycles. The van der Waals surface area contributed by atoms with Gasteiger partial charge in [0.15, 0.2) is 5.76 Å². The van der Waals surface area contributed by atoms with Gasteiger partial charge >= 0.3 is 0 Å². The number of halogens is 1. The van der Waals surface area contributed by atoms with Crippen molar-refractivity contribution in [1.29, 1.82) is 0 Å². The number of benzene rings is 1. The molecule has 1 fully saturated rings. The molecule has 0 saturated heterocycles. The Labute approximate surface area is 116 Å². The summed E-state index contributed by atoms with van der Waals surface area (Å²) in [5.41, 5.74) is 1.07. The summed E-state index contributed by atoms with van der Waals surface area (Å²) in [6.07, 6.45) is 4.12. The van der Waals surface area contributed by atoms with Gasteiger partial charge in [-0.3, -0.25) is 0 Å². The van der Waals surface area contributed by atoms with Crippen LogP contribution in [-0.4, -0.2) is 11.2 Å². The Bertz CT molecular complexity index is 538. The van der Waals surface area contributed by atoms with E-state index in [0.29, 0.717) is 18.4 Å². The molecule has 0 atom stereocenters. The minimum absolute atomic E-state index is 0.373. The molecule has 0 amide bonds. The molecule has 1 aromatic heterocycles. The molecule has 1 aliphatic carbocycles. The topological polar surface area (TPSA) is 47.3 Å². The van der Waals surface area contributed by atoms with Crippen LogP contribution in [0.2, 0.25) is 5.02 Å². The highest BCUT2D eigenvalue weighted by Crippen LogP contribution is 2.26. The molecule has 0 spiro atoms. The summed E-state index contributed by atoms with van der Waals surface area (Å²) in [4.78, 5) is 0. The van der Waals surface area contributed by atoms with E-state index < -0.39 is 0 Å². The second-order valence-corrected chi connectivity index (χ2v) is 5.11. The van der Waals surface area contributed by atoms with Crippen LogP contribution in [0.25, 0.3) is 0 Å². The van der Waals surface area contributed by atoms with Crippen LogP contribution >= 0.6 is 11.6 Å². The van der Waals surface area contributed by atoms with Crippen molar-refractivity contribution >= 4 is 11.6 Å². The van der Waals surface area contributed by atoms with Gasteiger partial charge in [-0.15, -0.1) is 0 Å². The van der Waals surface area contributed by atoms with Crippen molar-refractivity contribution in [2.45, 2.75) is 32.0 Å². The summed E-state index contributed by atoms with van der Waals surface area (Å²) in [5.74, 6) is 1.53. The summed E-state index contributed by atoms with van der Waals surface area (Å²) < 4.78 is 10.8. The molecule has 0 aliphatic heterocycles. The van der Waals surface area contributed by atoms with Crippen LogP contribution in [0.3, 0.4) is 0 Å². The van der Waals surface area contributed by atoms with Gasteiger partial charge in [0.05, 0.1) is 6.20 Å². The summed E-state index contributed by atoms with van der Waals surface area (Å²) in [6, 6.07) is 8.10. The van der Waals surface area contributed by atoms with Gasteiger partial charge in [0.2, 0.25) is 0 Å². The van der Waals surface area contributed by atoms with Crippen molar-refractivity contribution in [1.82, 2.24) is 10.5 Å². The molecular weight excluding hydrogens is 264 g/mol. The molecule has 1 N–H and O–H groups in total. The highest BCUT2D eigenvalue weighted by Gasteiger charge is 2.20. The zero-order chi connectivity index (χ0) is 13.1. The molecule has 0 bridgehead atoms. The van der Waals surface area contributed by atoms with E-state index >= 15 is 0 Å². The van der Waals surface area contributed by atoms with Crippen LogP contribution < -0.4 is 10.1 Å². The number of hydrogen-bond donors (Lipinski definition) is 1. The zero-order valence-corrected chi connectivity index (χ0v) is 11.2. The normalized spacial score (nSPS) is 14.6. The summed E-state index contributed by atoms with van der Waals surface area (Å²) in [6.45, 7) is 1.15. The van der Waals surface area contributed by atoms with Crippen LogP contribution in [0.15, 0.2) is 35.0 Å². The lowest BCUT2D eigenvalue weighted by molar-refractivity contribution is 0.247. The fourth-order valence-corrected chi connectivity index (χ4v) is 2.03. The Morgan fingerprint density at radius 3 is 3.00 bits per heavy atom. The highest BCUT2D eigenvalue weighted by atomic mass is 35.5. The molecule has 3 rings (SSSR count). The highest BCUT2D eigenvalue weighted by molar-refractivity contribution is 6.30. The number of ether oxygens (including phenoxy) is 1. The van der Waals surface area contributed by atoms with Gasteiger partial charge in [0, 0.05) is 29.2 Å². The molecule has 0 radical (unpaired) electrons. The maximum absolute atomic E-state index is 6.04. The number of nitrogens with one attached hydrogen (secondary N) is 1. The van der Waals surface area contributed by atoms with Crippen molar-refractivity contribution in [3.8, 4) is 5.75 Å². The van der Waals surface area contributed by atoms with Crippen LogP contribution in [0, 0.1) is 0 Å². The third kappa shape index (κ3) is 3.49. The first-order valence-corrected chi connectivity index (χ1v) is 6.73. The Kier molecular flexibility index (Phi) is 3.71. The first-order chi connectivity index (χ1) is 9.31. The predicted octanol–water partition coefficient (Wildman–Crippen LogP) is 3.16. The Morgan fingerprint density at radius 1 is 1.37 bits per heavy atom. The molecule has 100 valence electrons. The first kappa shape index (κ1) is 12.5. The lowest BCUT2D eigenvalue weighted by Crippen LogP contribution is -2.16. The van der Waals surface area contributed by atoms with E-state index in [-0.39, 0.29) is 0 Å². The predicted molar refractivity (Wildman–Crippen MR) is 72.1 cm³/mol. The number of hydrogen-bond acceptors (Lipinski definition) is 4. The van der Waals surface area contributed by atoms with Crippen LogP contribution in [0.1, 0.15) is 24.2 Å². The van der Waals surface area contributed by atoms with E-state index in [0.717, 1.165) is 22.9 Å².